The fraction of sp³-hybridized carbons (Fsp3) is 0.346. The van der Waals surface area contributed by atoms with Gasteiger partial charge in [0.1, 0.15) is 5.82 Å². The van der Waals surface area contributed by atoms with Crippen LogP contribution in [0.4, 0.5) is 4.39 Å². The summed E-state index contributed by atoms with van der Waals surface area (Å²) in [4.78, 5) is 21.8. The summed E-state index contributed by atoms with van der Waals surface area (Å²) in [7, 11) is 3.93. The van der Waals surface area contributed by atoms with Crippen molar-refractivity contribution >= 4 is 22.5 Å². The van der Waals surface area contributed by atoms with Gasteiger partial charge < -0.3 is 9.80 Å². The third-order valence-corrected chi connectivity index (χ3v) is 6.10. The van der Waals surface area contributed by atoms with E-state index in [0.717, 1.165) is 33.5 Å². The quantitative estimate of drug-likeness (QED) is 0.407. The van der Waals surface area contributed by atoms with Gasteiger partial charge in [-0.2, -0.15) is 5.10 Å². The smallest absolute Gasteiger partial charge is 0.223 e. The van der Waals surface area contributed by atoms with Gasteiger partial charge in [0.2, 0.25) is 5.91 Å². The molecule has 33 heavy (non-hydrogen) atoms. The molecule has 0 unspecified atom stereocenters. The Bertz CT molecular complexity index is 1300. The van der Waals surface area contributed by atoms with E-state index in [1.807, 2.05) is 61.6 Å². The Balaban J connectivity index is 1.56. The number of halogens is 1. The molecule has 0 atom stereocenters. The van der Waals surface area contributed by atoms with Gasteiger partial charge in [-0.1, -0.05) is 30.3 Å². The molecule has 4 aromatic rings. The van der Waals surface area contributed by atoms with Crippen LogP contribution < -0.4 is 0 Å². The Morgan fingerprint density at radius 2 is 1.76 bits per heavy atom. The van der Waals surface area contributed by atoms with Gasteiger partial charge in [0, 0.05) is 48.4 Å². The lowest BCUT2D eigenvalue weighted by atomic mass is 10.1. The average Bonchev–Trinajstić information content (AvgIpc) is 3.16. The fourth-order valence-corrected chi connectivity index (χ4v) is 4.17. The first-order chi connectivity index (χ1) is 15.8. The first-order valence-electron chi connectivity index (χ1n) is 11.2. The highest BCUT2D eigenvalue weighted by Crippen LogP contribution is 2.23. The monoisotopic (exact) mass is 447 g/mol. The van der Waals surface area contributed by atoms with Crippen LogP contribution in [0, 0.1) is 19.7 Å². The number of hydrogen-bond donors (Lipinski definition) is 0. The second-order valence-corrected chi connectivity index (χ2v) is 8.72. The molecule has 0 N–H and O–H groups in total. The number of fused-ring (bicyclic) bond motifs is 3. The Labute approximate surface area is 193 Å². The van der Waals surface area contributed by atoms with Crippen molar-refractivity contribution in [3.05, 3.63) is 76.9 Å². The lowest BCUT2D eigenvalue weighted by molar-refractivity contribution is -0.132. The van der Waals surface area contributed by atoms with Crippen molar-refractivity contribution in [3.8, 4) is 0 Å². The molecule has 0 bridgehead atoms. The van der Waals surface area contributed by atoms with Crippen molar-refractivity contribution in [1.29, 1.82) is 0 Å². The van der Waals surface area contributed by atoms with E-state index in [2.05, 4.69) is 0 Å². The van der Waals surface area contributed by atoms with Gasteiger partial charge in [0.15, 0.2) is 5.65 Å². The molecule has 7 heteroatoms. The predicted octanol–water partition coefficient (Wildman–Crippen LogP) is 4.16. The zero-order chi connectivity index (χ0) is 23.5. The number of benzene rings is 2. The van der Waals surface area contributed by atoms with E-state index >= 15 is 0 Å². The molecule has 1 amide bonds. The molecule has 0 aliphatic rings. The normalized spacial score (nSPS) is 11.6. The Morgan fingerprint density at radius 3 is 2.52 bits per heavy atom. The molecule has 4 rings (SSSR count). The molecule has 2 heterocycles. The van der Waals surface area contributed by atoms with E-state index in [4.69, 9.17) is 10.1 Å². The summed E-state index contributed by atoms with van der Waals surface area (Å²) in [5.74, 6) is -0.281. The Hall–Kier alpha value is -3.32. The van der Waals surface area contributed by atoms with E-state index in [1.165, 1.54) is 6.07 Å². The van der Waals surface area contributed by atoms with Crippen molar-refractivity contribution in [2.24, 2.45) is 0 Å². The Kier molecular flexibility index (Phi) is 6.70. The lowest BCUT2D eigenvalue weighted by Crippen LogP contribution is -2.36. The van der Waals surface area contributed by atoms with Crippen LogP contribution in [0.2, 0.25) is 0 Å². The fourth-order valence-electron chi connectivity index (χ4n) is 4.17. The molecule has 2 aromatic carbocycles. The van der Waals surface area contributed by atoms with Crippen molar-refractivity contribution in [2.45, 2.75) is 33.2 Å². The third kappa shape index (κ3) is 4.88. The van der Waals surface area contributed by atoms with E-state index in [0.29, 0.717) is 31.5 Å². The molecule has 0 radical (unpaired) electrons. The van der Waals surface area contributed by atoms with Crippen molar-refractivity contribution in [1.82, 2.24) is 24.4 Å². The van der Waals surface area contributed by atoms with Crippen LogP contribution in [0.5, 0.6) is 0 Å². The van der Waals surface area contributed by atoms with Crippen LogP contribution in [-0.4, -0.2) is 57.5 Å². The van der Waals surface area contributed by atoms with Crippen LogP contribution in [0.15, 0.2) is 48.5 Å². The topological polar surface area (TPSA) is 53.7 Å². The SMILES string of the molecule is Cc1nc2c3ccccc3nn2c(C)c1CCC(=O)N(CCN(C)C)Cc1ccccc1F. The molecule has 6 nitrogen and oxygen atoms in total. The Morgan fingerprint density at radius 1 is 1.03 bits per heavy atom. The third-order valence-electron chi connectivity index (χ3n) is 6.10. The largest absolute Gasteiger partial charge is 0.337 e. The lowest BCUT2D eigenvalue weighted by Gasteiger charge is -2.25. The predicted molar refractivity (Wildman–Crippen MR) is 129 cm³/mol. The van der Waals surface area contributed by atoms with Gasteiger partial charge in [0.25, 0.3) is 0 Å². The van der Waals surface area contributed by atoms with Crippen LogP contribution in [0.25, 0.3) is 16.6 Å². The second-order valence-electron chi connectivity index (χ2n) is 8.72. The number of aromatic nitrogens is 3. The van der Waals surface area contributed by atoms with Gasteiger partial charge in [-0.3, -0.25) is 4.79 Å². The maximum Gasteiger partial charge on any atom is 0.223 e. The van der Waals surface area contributed by atoms with Gasteiger partial charge in [0.05, 0.1) is 5.52 Å². The maximum absolute atomic E-state index is 14.2. The first kappa shape index (κ1) is 22.9. The van der Waals surface area contributed by atoms with Gasteiger partial charge >= 0.3 is 0 Å². The van der Waals surface area contributed by atoms with Crippen molar-refractivity contribution in [2.75, 3.05) is 27.2 Å². The van der Waals surface area contributed by atoms with E-state index in [-0.39, 0.29) is 18.3 Å². The molecule has 0 fully saturated rings. The standard InChI is InChI=1S/C26H30FN5O/c1-18-21(19(2)32-26(28-18)22-10-6-8-12-24(22)29-32)13-14-25(33)31(16-15-30(3)4)17-20-9-5-7-11-23(20)27/h5-12H,13-17H2,1-4H3. The number of likely N-dealkylation sites (N-methyl/N-ethyl adjacent to an activating group) is 1. The number of carbonyl (C=O) groups excluding carboxylic acids is 1. The van der Waals surface area contributed by atoms with Crippen LogP contribution in [0.3, 0.4) is 0 Å². The highest BCUT2D eigenvalue weighted by atomic mass is 19.1. The highest BCUT2D eigenvalue weighted by Gasteiger charge is 2.19. The molecule has 2 aromatic heterocycles. The number of nitrogens with zero attached hydrogens (tertiary/aromatic N) is 5. The van der Waals surface area contributed by atoms with E-state index < -0.39 is 0 Å². The molecule has 172 valence electrons. The number of aryl methyl sites for hydroxylation is 2. The summed E-state index contributed by atoms with van der Waals surface area (Å²) in [5, 5.41) is 5.72. The summed E-state index contributed by atoms with van der Waals surface area (Å²) in [6.07, 6.45) is 0.892. The van der Waals surface area contributed by atoms with Gasteiger partial charge in [-0.15, -0.1) is 0 Å². The first-order valence-corrected chi connectivity index (χ1v) is 11.2. The number of amides is 1. The number of rotatable bonds is 8. The molecule has 0 spiro atoms. The van der Waals surface area contributed by atoms with E-state index in [9.17, 15) is 9.18 Å². The summed E-state index contributed by atoms with van der Waals surface area (Å²) in [5.41, 5.74) is 5.21. The molecule has 0 aliphatic carbocycles. The molecular formula is C26H30FN5O. The summed E-state index contributed by atoms with van der Waals surface area (Å²) >= 11 is 0. The van der Waals surface area contributed by atoms with Gasteiger partial charge in [-0.05, 0) is 58.1 Å². The average molecular weight is 448 g/mol. The molecule has 0 aliphatic heterocycles. The zero-order valence-electron chi connectivity index (χ0n) is 19.7. The number of hydrogen-bond acceptors (Lipinski definition) is 4. The van der Waals surface area contributed by atoms with E-state index in [1.54, 1.807) is 23.1 Å². The minimum atomic E-state index is -0.285. The summed E-state index contributed by atoms with van der Waals surface area (Å²) in [6.45, 7) is 5.53. The molecule has 0 saturated carbocycles. The summed E-state index contributed by atoms with van der Waals surface area (Å²) in [6, 6.07) is 14.6. The molecule has 0 saturated heterocycles. The van der Waals surface area contributed by atoms with Crippen LogP contribution >= 0.6 is 0 Å². The van der Waals surface area contributed by atoms with Gasteiger partial charge in [-0.25, -0.2) is 13.9 Å². The highest BCUT2D eigenvalue weighted by molar-refractivity contribution is 5.92. The second kappa shape index (κ2) is 9.67. The minimum Gasteiger partial charge on any atom is -0.337 e. The zero-order valence-corrected chi connectivity index (χ0v) is 19.7. The summed E-state index contributed by atoms with van der Waals surface area (Å²) < 4.78 is 16.1. The minimum absolute atomic E-state index is 0.00428. The van der Waals surface area contributed by atoms with Crippen LogP contribution in [-0.2, 0) is 17.8 Å². The maximum atomic E-state index is 14.2. The van der Waals surface area contributed by atoms with Crippen molar-refractivity contribution < 1.29 is 9.18 Å². The molecular weight excluding hydrogens is 417 g/mol. The van der Waals surface area contributed by atoms with Crippen LogP contribution in [0.1, 0.15) is 28.9 Å². The number of carbonyl (C=O) groups is 1. The van der Waals surface area contributed by atoms with Crippen molar-refractivity contribution in [3.63, 3.8) is 0 Å².